The summed E-state index contributed by atoms with van der Waals surface area (Å²) in [5.74, 6) is 0. The van der Waals surface area contributed by atoms with Crippen molar-refractivity contribution < 1.29 is 8.42 Å². The number of sulfone groups is 1. The number of hydrogen-bond donors (Lipinski definition) is 0. The van der Waals surface area contributed by atoms with Gasteiger partial charge in [0.2, 0.25) is 0 Å². The molecule has 0 saturated carbocycles. The van der Waals surface area contributed by atoms with Gasteiger partial charge in [-0.15, -0.1) is 11.6 Å². The third-order valence-corrected chi connectivity index (χ3v) is 4.18. The molecule has 0 amide bonds. The first-order valence-electron chi connectivity index (χ1n) is 3.50. The molecule has 0 aromatic heterocycles. The van der Waals surface area contributed by atoms with Crippen LogP contribution in [0.25, 0.3) is 0 Å². The van der Waals surface area contributed by atoms with Crippen molar-refractivity contribution in [1.82, 2.24) is 0 Å². The molecule has 1 rings (SSSR count). The summed E-state index contributed by atoms with van der Waals surface area (Å²) in [5.41, 5.74) is 0. The molecule has 71 valence electrons. The van der Waals surface area contributed by atoms with Crippen molar-refractivity contribution >= 4 is 33.0 Å². The first-order valence-corrected chi connectivity index (χ1v) is 5.86. The fraction of sp³-hybridized carbons (Fsp3) is 0.250. The normalized spacial score (nSPS) is 14.1. The quantitative estimate of drug-likeness (QED) is 0.742. The van der Waals surface area contributed by atoms with E-state index in [2.05, 4.69) is 6.07 Å². The third-order valence-electron chi connectivity index (χ3n) is 1.49. The minimum absolute atomic E-state index is 0.124. The van der Waals surface area contributed by atoms with Crippen LogP contribution in [-0.4, -0.2) is 13.1 Å². The van der Waals surface area contributed by atoms with E-state index in [1.165, 1.54) is 25.1 Å². The molecule has 1 atom stereocenters. The van der Waals surface area contributed by atoms with Crippen molar-refractivity contribution in [3.63, 3.8) is 0 Å². The van der Waals surface area contributed by atoms with Gasteiger partial charge in [-0.05, 0) is 19.1 Å². The van der Waals surface area contributed by atoms with E-state index < -0.39 is 14.5 Å². The van der Waals surface area contributed by atoms with Gasteiger partial charge < -0.3 is 0 Å². The van der Waals surface area contributed by atoms with Crippen LogP contribution >= 0.6 is 23.2 Å². The zero-order chi connectivity index (χ0) is 10.1. The Morgan fingerprint density at radius 3 is 2.62 bits per heavy atom. The van der Waals surface area contributed by atoms with Crippen LogP contribution in [0.15, 0.2) is 23.1 Å². The lowest BCUT2D eigenvalue weighted by atomic mass is 10.4. The highest BCUT2D eigenvalue weighted by Crippen LogP contribution is 2.20. The van der Waals surface area contributed by atoms with Crippen molar-refractivity contribution in [2.45, 2.75) is 16.5 Å². The van der Waals surface area contributed by atoms with Crippen LogP contribution in [0.5, 0.6) is 0 Å². The van der Waals surface area contributed by atoms with Gasteiger partial charge >= 0.3 is 0 Å². The molecule has 1 aromatic rings. The number of halogens is 2. The van der Waals surface area contributed by atoms with Gasteiger partial charge in [-0.2, -0.15) is 0 Å². The highest BCUT2D eigenvalue weighted by molar-refractivity contribution is 7.93. The molecule has 0 saturated heterocycles. The van der Waals surface area contributed by atoms with Gasteiger partial charge in [0.1, 0.15) is 4.71 Å². The van der Waals surface area contributed by atoms with E-state index in [0.717, 1.165) is 0 Å². The monoisotopic (exact) mass is 237 g/mol. The number of benzene rings is 1. The lowest BCUT2D eigenvalue weighted by Gasteiger charge is -2.05. The lowest BCUT2D eigenvalue weighted by molar-refractivity contribution is 0.594. The topological polar surface area (TPSA) is 34.1 Å². The highest BCUT2D eigenvalue weighted by atomic mass is 35.5. The van der Waals surface area contributed by atoms with Gasteiger partial charge in [0.15, 0.2) is 9.84 Å². The van der Waals surface area contributed by atoms with Crippen molar-refractivity contribution in [2.24, 2.45) is 0 Å². The Morgan fingerprint density at radius 2 is 2.15 bits per heavy atom. The van der Waals surface area contributed by atoms with Crippen molar-refractivity contribution in [1.29, 1.82) is 0 Å². The molecule has 0 heterocycles. The molecule has 0 aliphatic rings. The van der Waals surface area contributed by atoms with Crippen LogP contribution in [0.3, 0.4) is 0 Å². The fourth-order valence-electron chi connectivity index (χ4n) is 0.783. The predicted molar refractivity (Wildman–Crippen MR) is 52.8 cm³/mol. The standard InChI is InChI=1S/C8H7Cl2O2S/c1-6(9)13(11,12)8-4-2-3-7(10)5-8/h2,4-6H,1H3. The van der Waals surface area contributed by atoms with Crippen LogP contribution in [0.1, 0.15) is 6.92 Å². The van der Waals surface area contributed by atoms with Gasteiger partial charge in [-0.25, -0.2) is 8.42 Å². The van der Waals surface area contributed by atoms with Crippen LogP contribution in [0.4, 0.5) is 0 Å². The first kappa shape index (κ1) is 10.8. The Bertz CT molecular complexity index is 398. The fourth-order valence-corrected chi connectivity index (χ4v) is 2.25. The minimum atomic E-state index is -3.44. The summed E-state index contributed by atoms with van der Waals surface area (Å²) in [6, 6.07) is 6.84. The molecule has 1 aromatic carbocycles. The van der Waals surface area contributed by atoms with Crippen LogP contribution < -0.4 is 0 Å². The molecule has 5 heteroatoms. The van der Waals surface area contributed by atoms with E-state index in [1.807, 2.05) is 0 Å². The van der Waals surface area contributed by atoms with E-state index >= 15 is 0 Å². The van der Waals surface area contributed by atoms with Crippen LogP contribution in [0, 0.1) is 6.07 Å². The molecular weight excluding hydrogens is 231 g/mol. The summed E-state index contributed by atoms with van der Waals surface area (Å²) in [6.07, 6.45) is 0. The Hall–Kier alpha value is -0.250. The molecule has 0 aliphatic carbocycles. The average molecular weight is 238 g/mol. The number of alkyl halides is 1. The summed E-state index contributed by atoms with van der Waals surface area (Å²) in [5, 5.41) is 0.262. The Balaban J connectivity index is 3.24. The van der Waals surface area contributed by atoms with Gasteiger partial charge in [0.25, 0.3) is 0 Å². The summed E-state index contributed by atoms with van der Waals surface area (Å²) >= 11 is 11.1. The molecule has 2 nitrogen and oxygen atoms in total. The zero-order valence-corrected chi connectivity index (χ0v) is 9.12. The van der Waals surface area contributed by atoms with E-state index in [-0.39, 0.29) is 9.92 Å². The molecular formula is C8H7Cl2O2S. The molecule has 0 fully saturated rings. The maximum atomic E-state index is 11.5. The number of hydrogen-bond acceptors (Lipinski definition) is 2. The zero-order valence-electron chi connectivity index (χ0n) is 6.79. The molecule has 13 heavy (non-hydrogen) atoms. The van der Waals surface area contributed by atoms with Crippen molar-refractivity contribution in [2.75, 3.05) is 0 Å². The van der Waals surface area contributed by atoms with Gasteiger partial charge in [0, 0.05) is 11.1 Å². The SMILES string of the molecule is CC(Cl)S(=O)(=O)c1cc[c]c(Cl)c1. The van der Waals surface area contributed by atoms with E-state index in [9.17, 15) is 8.42 Å². The summed E-state index contributed by atoms with van der Waals surface area (Å²) in [6.45, 7) is 1.40. The van der Waals surface area contributed by atoms with Crippen molar-refractivity contribution in [3.05, 3.63) is 29.3 Å². The maximum Gasteiger partial charge on any atom is 0.194 e. The predicted octanol–water partition coefficient (Wildman–Crippen LogP) is 2.50. The lowest BCUT2D eigenvalue weighted by Crippen LogP contribution is -2.11. The van der Waals surface area contributed by atoms with Gasteiger partial charge in [-0.3, -0.25) is 0 Å². The summed E-state index contributed by atoms with van der Waals surface area (Å²) in [4.78, 5) is 0.124. The minimum Gasteiger partial charge on any atom is -0.222 e. The molecule has 0 aliphatic heterocycles. The van der Waals surface area contributed by atoms with Gasteiger partial charge in [0.05, 0.1) is 4.90 Å². The molecule has 1 unspecified atom stereocenters. The average Bonchev–Trinajstić information content (AvgIpc) is 2.04. The largest absolute Gasteiger partial charge is 0.222 e. The van der Waals surface area contributed by atoms with E-state index in [1.54, 1.807) is 0 Å². The van der Waals surface area contributed by atoms with Crippen molar-refractivity contribution in [3.8, 4) is 0 Å². The Morgan fingerprint density at radius 1 is 1.54 bits per heavy atom. The highest BCUT2D eigenvalue weighted by Gasteiger charge is 2.20. The second-order valence-corrected chi connectivity index (χ2v) is 6.05. The summed E-state index contributed by atoms with van der Waals surface area (Å²) < 4.78 is 22.0. The molecule has 0 N–H and O–H groups in total. The van der Waals surface area contributed by atoms with Gasteiger partial charge in [-0.1, -0.05) is 17.7 Å². The Labute approximate surface area is 87.4 Å². The van der Waals surface area contributed by atoms with Crippen LogP contribution in [-0.2, 0) is 9.84 Å². The van der Waals surface area contributed by atoms with E-state index in [0.29, 0.717) is 0 Å². The third kappa shape index (κ3) is 2.36. The van der Waals surface area contributed by atoms with E-state index in [4.69, 9.17) is 23.2 Å². The Kier molecular flexibility index (Phi) is 3.22. The molecule has 0 spiro atoms. The summed E-state index contributed by atoms with van der Waals surface area (Å²) in [7, 11) is -3.44. The molecule has 1 radical (unpaired) electrons. The second kappa shape index (κ2) is 3.86. The second-order valence-electron chi connectivity index (χ2n) is 2.46. The maximum absolute atomic E-state index is 11.5. The molecule has 0 bridgehead atoms. The number of rotatable bonds is 2. The van der Waals surface area contributed by atoms with Crippen LogP contribution in [0.2, 0.25) is 5.02 Å². The first-order chi connectivity index (χ1) is 5.94. The smallest absolute Gasteiger partial charge is 0.194 e.